The second-order valence-electron chi connectivity index (χ2n) is 5.93. The number of nitrogens with zero attached hydrogens (tertiary/aromatic N) is 1. The first kappa shape index (κ1) is 16.3. The van der Waals surface area contributed by atoms with Crippen LogP contribution in [0.2, 0.25) is 0 Å². The molecule has 0 spiro atoms. The summed E-state index contributed by atoms with van der Waals surface area (Å²) in [6.45, 7) is 1.68. The van der Waals surface area contributed by atoms with Crippen LogP contribution in [-0.4, -0.2) is 37.3 Å². The van der Waals surface area contributed by atoms with Crippen LogP contribution in [0.3, 0.4) is 0 Å². The molecule has 2 atom stereocenters. The molecule has 2 nitrogen and oxygen atoms in total. The summed E-state index contributed by atoms with van der Waals surface area (Å²) in [5.41, 5.74) is 1.12. The van der Waals surface area contributed by atoms with E-state index >= 15 is 0 Å². The summed E-state index contributed by atoms with van der Waals surface area (Å²) in [6.07, 6.45) is -2.35. The first-order valence-electron chi connectivity index (χ1n) is 7.43. The normalized spacial score (nSPS) is 18.8. The highest BCUT2D eigenvalue weighted by Crippen LogP contribution is 2.32. The van der Waals surface area contributed by atoms with Gasteiger partial charge in [0.2, 0.25) is 0 Å². The molecule has 0 saturated heterocycles. The van der Waals surface area contributed by atoms with Gasteiger partial charge in [0.1, 0.15) is 0 Å². The van der Waals surface area contributed by atoms with Crippen LogP contribution in [0.25, 0.3) is 0 Å². The maximum absolute atomic E-state index is 12.7. The van der Waals surface area contributed by atoms with Gasteiger partial charge in [-0.2, -0.15) is 13.2 Å². The first-order chi connectivity index (χ1) is 9.90. The van der Waals surface area contributed by atoms with Crippen molar-refractivity contribution in [3.8, 4) is 0 Å². The number of hydrogen-bond donors (Lipinski definition) is 1. The van der Waals surface area contributed by atoms with Crippen molar-refractivity contribution in [2.45, 2.75) is 38.0 Å². The van der Waals surface area contributed by atoms with Gasteiger partial charge in [0.25, 0.3) is 0 Å². The van der Waals surface area contributed by atoms with Gasteiger partial charge in [-0.15, -0.1) is 0 Å². The standard InChI is InChI=1S/C16H23F3N2/c1-12(15(20-2)13-6-4-3-5-7-13)10-21(14-8-9-14)11-16(17,18)19/h3-7,12,14-15,20H,8-11H2,1-2H3. The molecule has 2 unspecified atom stereocenters. The average molecular weight is 300 g/mol. The van der Waals surface area contributed by atoms with Gasteiger partial charge in [-0.1, -0.05) is 37.3 Å². The van der Waals surface area contributed by atoms with Crippen molar-refractivity contribution in [1.82, 2.24) is 10.2 Å². The van der Waals surface area contributed by atoms with Crippen molar-refractivity contribution in [1.29, 1.82) is 0 Å². The van der Waals surface area contributed by atoms with E-state index in [2.05, 4.69) is 5.32 Å². The van der Waals surface area contributed by atoms with Gasteiger partial charge in [-0.3, -0.25) is 4.90 Å². The van der Waals surface area contributed by atoms with Gasteiger partial charge in [0.05, 0.1) is 6.54 Å². The van der Waals surface area contributed by atoms with E-state index in [-0.39, 0.29) is 18.0 Å². The zero-order valence-corrected chi connectivity index (χ0v) is 12.5. The summed E-state index contributed by atoms with van der Waals surface area (Å²) in [4.78, 5) is 1.60. The Hall–Kier alpha value is -1.07. The van der Waals surface area contributed by atoms with Crippen molar-refractivity contribution < 1.29 is 13.2 Å². The molecule has 1 N–H and O–H groups in total. The Morgan fingerprint density at radius 1 is 1.24 bits per heavy atom. The second kappa shape index (κ2) is 6.79. The van der Waals surface area contributed by atoms with Crippen LogP contribution in [0.4, 0.5) is 13.2 Å². The zero-order chi connectivity index (χ0) is 15.5. The third-order valence-electron chi connectivity index (χ3n) is 4.01. The Balaban J connectivity index is 2.01. The van der Waals surface area contributed by atoms with E-state index in [0.717, 1.165) is 18.4 Å². The maximum Gasteiger partial charge on any atom is 0.401 e. The molecule has 0 amide bonds. The minimum absolute atomic E-state index is 0.0701. The van der Waals surface area contributed by atoms with Crippen LogP contribution in [0.15, 0.2) is 30.3 Å². The summed E-state index contributed by atoms with van der Waals surface area (Å²) in [5, 5.41) is 3.24. The molecule has 118 valence electrons. The van der Waals surface area contributed by atoms with E-state index in [0.29, 0.717) is 6.54 Å². The molecular formula is C16H23F3N2. The molecule has 0 aliphatic heterocycles. The van der Waals surface area contributed by atoms with Crippen LogP contribution < -0.4 is 5.32 Å². The lowest BCUT2D eigenvalue weighted by atomic mass is 9.94. The number of halogens is 3. The lowest BCUT2D eigenvalue weighted by Gasteiger charge is -2.31. The molecule has 1 aliphatic rings. The number of alkyl halides is 3. The van der Waals surface area contributed by atoms with Gasteiger partial charge in [-0.05, 0) is 31.4 Å². The number of rotatable bonds is 7. The predicted octanol–water partition coefficient (Wildman–Crippen LogP) is 3.61. The van der Waals surface area contributed by atoms with Crippen LogP contribution in [0.5, 0.6) is 0 Å². The Labute approximate surface area is 124 Å². The number of benzene rings is 1. The minimum atomic E-state index is -4.12. The average Bonchev–Trinajstić information content (AvgIpc) is 3.22. The highest BCUT2D eigenvalue weighted by Gasteiger charge is 2.39. The lowest BCUT2D eigenvalue weighted by Crippen LogP contribution is -2.41. The lowest BCUT2D eigenvalue weighted by molar-refractivity contribution is -0.148. The summed E-state index contributed by atoms with van der Waals surface area (Å²) in [6, 6.07) is 10.1. The molecule has 2 rings (SSSR count). The minimum Gasteiger partial charge on any atom is -0.313 e. The fourth-order valence-electron chi connectivity index (χ4n) is 2.93. The smallest absolute Gasteiger partial charge is 0.313 e. The fraction of sp³-hybridized carbons (Fsp3) is 0.625. The molecule has 1 aliphatic carbocycles. The Kier molecular flexibility index (Phi) is 5.27. The van der Waals surface area contributed by atoms with Crippen molar-refractivity contribution in [3.63, 3.8) is 0 Å². The zero-order valence-electron chi connectivity index (χ0n) is 12.5. The van der Waals surface area contributed by atoms with E-state index in [1.165, 1.54) is 0 Å². The molecule has 21 heavy (non-hydrogen) atoms. The van der Waals surface area contributed by atoms with Gasteiger partial charge in [-0.25, -0.2) is 0 Å². The van der Waals surface area contributed by atoms with Gasteiger partial charge in [0, 0.05) is 18.6 Å². The van der Waals surface area contributed by atoms with Crippen molar-refractivity contribution in [3.05, 3.63) is 35.9 Å². The molecule has 0 aromatic heterocycles. The summed E-state index contributed by atoms with van der Waals surface area (Å²) >= 11 is 0. The van der Waals surface area contributed by atoms with Crippen molar-refractivity contribution in [2.75, 3.05) is 20.1 Å². The summed E-state index contributed by atoms with van der Waals surface area (Å²) in [7, 11) is 1.86. The van der Waals surface area contributed by atoms with E-state index in [9.17, 15) is 13.2 Å². The van der Waals surface area contributed by atoms with E-state index in [1.807, 2.05) is 44.3 Å². The quantitative estimate of drug-likeness (QED) is 0.827. The van der Waals surface area contributed by atoms with Crippen LogP contribution >= 0.6 is 0 Å². The third kappa shape index (κ3) is 5.00. The molecular weight excluding hydrogens is 277 g/mol. The van der Waals surface area contributed by atoms with Gasteiger partial charge in [0.15, 0.2) is 0 Å². The summed E-state index contributed by atoms with van der Waals surface area (Å²) in [5.74, 6) is 0.111. The third-order valence-corrected chi connectivity index (χ3v) is 4.01. The fourth-order valence-corrected chi connectivity index (χ4v) is 2.93. The largest absolute Gasteiger partial charge is 0.401 e. The maximum atomic E-state index is 12.7. The monoisotopic (exact) mass is 300 g/mol. The Morgan fingerprint density at radius 3 is 2.33 bits per heavy atom. The highest BCUT2D eigenvalue weighted by molar-refractivity contribution is 5.19. The van der Waals surface area contributed by atoms with Crippen molar-refractivity contribution >= 4 is 0 Å². The highest BCUT2D eigenvalue weighted by atomic mass is 19.4. The van der Waals surface area contributed by atoms with E-state index < -0.39 is 12.7 Å². The topological polar surface area (TPSA) is 15.3 Å². The van der Waals surface area contributed by atoms with E-state index in [1.54, 1.807) is 4.90 Å². The van der Waals surface area contributed by atoms with Gasteiger partial charge >= 0.3 is 6.18 Å². The second-order valence-corrected chi connectivity index (χ2v) is 5.93. The molecule has 1 fully saturated rings. The molecule has 0 bridgehead atoms. The van der Waals surface area contributed by atoms with Crippen LogP contribution in [0.1, 0.15) is 31.4 Å². The molecule has 5 heteroatoms. The molecule has 0 heterocycles. The number of nitrogens with one attached hydrogen (secondary N) is 1. The first-order valence-corrected chi connectivity index (χ1v) is 7.43. The SMILES string of the molecule is CNC(c1ccccc1)C(C)CN(CC(F)(F)F)C1CC1. The molecule has 1 saturated carbocycles. The molecule has 0 radical (unpaired) electrons. The van der Waals surface area contributed by atoms with Crippen LogP contribution in [-0.2, 0) is 0 Å². The Bertz CT molecular complexity index is 429. The molecule has 1 aromatic rings. The number of hydrogen-bond acceptors (Lipinski definition) is 2. The van der Waals surface area contributed by atoms with E-state index in [4.69, 9.17) is 0 Å². The summed E-state index contributed by atoms with van der Waals surface area (Å²) < 4.78 is 38.1. The van der Waals surface area contributed by atoms with Crippen LogP contribution in [0, 0.1) is 5.92 Å². The van der Waals surface area contributed by atoms with Crippen molar-refractivity contribution in [2.24, 2.45) is 5.92 Å². The molecule has 1 aromatic carbocycles. The predicted molar refractivity (Wildman–Crippen MR) is 78.1 cm³/mol. The Morgan fingerprint density at radius 2 is 1.86 bits per heavy atom. The van der Waals surface area contributed by atoms with Gasteiger partial charge < -0.3 is 5.32 Å².